The second-order valence-electron chi connectivity index (χ2n) is 5.23. The van der Waals surface area contributed by atoms with Gasteiger partial charge in [0.25, 0.3) is 0 Å². The Balaban J connectivity index is 2.03. The van der Waals surface area contributed by atoms with Gasteiger partial charge in [-0.1, -0.05) is 18.2 Å². The number of nitrogens with zero attached hydrogens (tertiary/aromatic N) is 1. The molecule has 0 spiro atoms. The molecule has 1 heterocycles. The second-order valence-corrected chi connectivity index (χ2v) is 5.23. The summed E-state index contributed by atoms with van der Waals surface area (Å²) in [6.45, 7) is 2.69. The van der Waals surface area contributed by atoms with Crippen molar-refractivity contribution in [1.29, 1.82) is 0 Å². The molecule has 1 aromatic rings. The molecule has 1 atom stereocenters. The third kappa shape index (κ3) is 3.93. The van der Waals surface area contributed by atoms with Crippen LogP contribution in [0.1, 0.15) is 24.5 Å². The molecular formula is C15H24N2O2. The summed E-state index contributed by atoms with van der Waals surface area (Å²) < 4.78 is 6.09. The highest BCUT2D eigenvalue weighted by atomic mass is 16.5. The molecule has 2 N–H and O–H groups in total. The summed E-state index contributed by atoms with van der Waals surface area (Å²) in [7, 11) is 3.98. The van der Waals surface area contributed by atoms with Gasteiger partial charge < -0.3 is 20.1 Å². The van der Waals surface area contributed by atoms with E-state index in [2.05, 4.69) is 17.3 Å². The molecule has 4 nitrogen and oxygen atoms in total. The van der Waals surface area contributed by atoms with Gasteiger partial charge in [-0.25, -0.2) is 0 Å². The molecule has 106 valence electrons. The molecule has 0 saturated carbocycles. The van der Waals surface area contributed by atoms with Gasteiger partial charge in [-0.2, -0.15) is 0 Å². The lowest BCUT2D eigenvalue weighted by atomic mass is 10.1. The second kappa shape index (κ2) is 6.89. The van der Waals surface area contributed by atoms with Crippen molar-refractivity contribution in [2.24, 2.45) is 0 Å². The number of nitrogens with one attached hydrogen (secondary N) is 1. The monoisotopic (exact) mass is 264 g/mol. The Hall–Kier alpha value is -1.10. The first kappa shape index (κ1) is 14.3. The maximum atomic E-state index is 10.1. The van der Waals surface area contributed by atoms with E-state index in [-0.39, 0.29) is 6.10 Å². The lowest BCUT2D eigenvalue weighted by molar-refractivity contribution is 0.107. The van der Waals surface area contributed by atoms with Crippen LogP contribution in [0.25, 0.3) is 0 Å². The molecule has 4 heteroatoms. The van der Waals surface area contributed by atoms with E-state index in [1.807, 2.05) is 31.3 Å². The van der Waals surface area contributed by atoms with E-state index in [9.17, 15) is 5.11 Å². The van der Waals surface area contributed by atoms with Crippen molar-refractivity contribution in [2.45, 2.75) is 25.0 Å². The van der Waals surface area contributed by atoms with Crippen molar-refractivity contribution in [3.8, 4) is 5.75 Å². The average Bonchev–Trinajstić information content (AvgIpc) is 2.42. The van der Waals surface area contributed by atoms with E-state index in [1.165, 1.54) is 0 Å². The lowest BCUT2D eigenvalue weighted by Crippen LogP contribution is -2.35. The van der Waals surface area contributed by atoms with E-state index < -0.39 is 6.10 Å². The number of benzene rings is 1. The first-order valence-electron chi connectivity index (χ1n) is 6.97. The first-order chi connectivity index (χ1) is 9.20. The third-order valence-electron chi connectivity index (χ3n) is 3.63. The summed E-state index contributed by atoms with van der Waals surface area (Å²) in [5, 5.41) is 13.1. The molecule has 0 bridgehead atoms. The Bertz CT molecular complexity index is 389. The molecule has 1 aliphatic rings. The number of ether oxygens (including phenoxy) is 1. The fourth-order valence-corrected chi connectivity index (χ4v) is 2.45. The normalized spacial score (nSPS) is 19.3. The molecule has 1 fully saturated rings. The van der Waals surface area contributed by atoms with Gasteiger partial charge in [0.2, 0.25) is 0 Å². The number of aliphatic hydroxyl groups is 1. The van der Waals surface area contributed by atoms with Crippen LogP contribution in [-0.2, 0) is 0 Å². The van der Waals surface area contributed by atoms with Gasteiger partial charge in [-0.05, 0) is 33.0 Å². The van der Waals surface area contributed by atoms with Crippen molar-refractivity contribution in [3.63, 3.8) is 0 Å². The Morgan fingerprint density at radius 2 is 2.05 bits per heavy atom. The Morgan fingerprint density at radius 1 is 1.37 bits per heavy atom. The van der Waals surface area contributed by atoms with Crippen LogP contribution < -0.4 is 10.1 Å². The van der Waals surface area contributed by atoms with Crippen LogP contribution in [0, 0.1) is 0 Å². The first-order valence-corrected chi connectivity index (χ1v) is 6.97. The van der Waals surface area contributed by atoms with Gasteiger partial charge in [0.1, 0.15) is 11.9 Å². The van der Waals surface area contributed by atoms with E-state index >= 15 is 0 Å². The van der Waals surface area contributed by atoms with E-state index in [0.29, 0.717) is 6.54 Å². The zero-order chi connectivity index (χ0) is 13.7. The van der Waals surface area contributed by atoms with Gasteiger partial charge in [0.05, 0.1) is 6.10 Å². The largest absolute Gasteiger partial charge is 0.490 e. The molecule has 0 amide bonds. The minimum absolute atomic E-state index is 0.263. The summed E-state index contributed by atoms with van der Waals surface area (Å²) in [6, 6.07) is 7.79. The zero-order valence-electron chi connectivity index (χ0n) is 11.8. The number of hydrogen-bond acceptors (Lipinski definition) is 4. The number of hydrogen-bond donors (Lipinski definition) is 2. The molecule has 0 radical (unpaired) electrons. The number of aliphatic hydroxyl groups excluding tert-OH is 1. The molecular weight excluding hydrogens is 240 g/mol. The van der Waals surface area contributed by atoms with Gasteiger partial charge in [-0.15, -0.1) is 0 Å². The number of para-hydroxylation sites is 1. The topological polar surface area (TPSA) is 44.7 Å². The molecule has 1 saturated heterocycles. The lowest BCUT2D eigenvalue weighted by Gasteiger charge is -2.30. The number of rotatable bonds is 5. The fourth-order valence-electron chi connectivity index (χ4n) is 2.45. The van der Waals surface area contributed by atoms with Gasteiger partial charge in [0.15, 0.2) is 0 Å². The summed E-state index contributed by atoms with van der Waals surface area (Å²) in [6.07, 6.45) is 1.84. The van der Waals surface area contributed by atoms with Crippen LogP contribution in [0.4, 0.5) is 0 Å². The maximum absolute atomic E-state index is 10.1. The van der Waals surface area contributed by atoms with Crippen molar-refractivity contribution in [3.05, 3.63) is 29.8 Å². The van der Waals surface area contributed by atoms with Crippen molar-refractivity contribution < 1.29 is 9.84 Å². The van der Waals surface area contributed by atoms with Crippen LogP contribution in [0.3, 0.4) is 0 Å². The molecule has 1 aromatic carbocycles. The van der Waals surface area contributed by atoms with E-state index in [1.54, 1.807) is 0 Å². The summed E-state index contributed by atoms with van der Waals surface area (Å²) in [4.78, 5) is 2.32. The molecule has 19 heavy (non-hydrogen) atoms. The van der Waals surface area contributed by atoms with Crippen molar-refractivity contribution in [1.82, 2.24) is 10.2 Å². The van der Waals surface area contributed by atoms with Crippen LogP contribution in [0.5, 0.6) is 5.75 Å². The predicted octanol–water partition coefficient (Wildman–Crippen LogP) is 1.41. The zero-order valence-corrected chi connectivity index (χ0v) is 11.8. The fraction of sp³-hybridized carbons (Fsp3) is 0.600. The molecule has 1 aliphatic heterocycles. The smallest absolute Gasteiger partial charge is 0.125 e. The van der Waals surface area contributed by atoms with Crippen molar-refractivity contribution >= 4 is 0 Å². The van der Waals surface area contributed by atoms with Crippen LogP contribution in [0.2, 0.25) is 0 Å². The Kier molecular flexibility index (Phi) is 5.19. The number of likely N-dealkylation sites (tertiary alicyclic amines) is 1. The summed E-state index contributed by atoms with van der Waals surface area (Å²) >= 11 is 0. The summed E-state index contributed by atoms with van der Waals surface area (Å²) in [5.74, 6) is 0.819. The van der Waals surface area contributed by atoms with Gasteiger partial charge >= 0.3 is 0 Å². The van der Waals surface area contributed by atoms with E-state index in [0.717, 1.165) is 37.2 Å². The third-order valence-corrected chi connectivity index (χ3v) is 3.63. The molecule has 2 rings (SSSR count). The predicted molar refractivity (Wildman–Crippen MR) is 76.5 cm³/mol. The highest BCUT2D eigenvalue weighted by Gasteiger charge is 2.20. The minimum atomic E-state index is -0.521. The number of likely N-dealkylation sites (N-methyl/N-ethyl adjacent to an activating group) is 1. The Labute approximate surface area is 115 Å². The molecule has 0 aromatic heterocycles. The summed E-state index contributed by atoms with van der Waals surface area (Å²) in [5.41, 5.74) is 0.871. The van der Waals surface area contributed by atoms with Gasteiger partial charge in [-0.3, -0.25) is 0 Å². The molecule has 1 unspecified atom stereocenters. The maximum Gasteiger partial charge on any atom is 0.125 e. The Morgan fingerprint density at radius 3 is 2.74 bits per heavy atom. The van der Waals surface area contributed by atoms with Crippen LogP contribution in [-0.4, -0.2) is 49.8 Å². The van der Waals surface area contributed by atoms with Gasteiger partial charge in [0, 0.05) is 25.2 Å². The number of piperidine rings is 1. The average molecular weight is 264 g/mol. The van der Waals surface area contributed by atoms with E-state index in [4.69, 9.17) is 4.74 Å². The highest BCUT2D eigenvalue weighted by molar-refractivity contribution is 5.35. The minimum Gasteiger partial charge on any atom is -0.490 e. The quantitative estimate of drug-likeness (QED) is 0.844. The SMILES string of the molecule is CNCC(O)c1ccccc1OC1CCN(C)CC1. The standard InChI is InChI=1S/C15H24N2O2/c1-16-11-14(18)13-5-3-4-6-15(13)19-12-7-9-17(2)10-8-12/h3-6,12,14,16,18H,7-11H2,1-2H3. The van der Waals surface area contributed by atoms with Crippen LogP contribution >= 0.6 is 0 Å². The van der Waals surface area contributed by atoms with Crippen molar-refractivity contribution in [2.75, 3.05) is 33.7 Å². The highest BCUT2D eigenvalue weighted by Crippen LogP contribution is 2.27. The van der Waals surface area contributed by atoms with Crippen LogP contribution in [0.15, 0.2) is 24.3 Å². The molecule has 0 aliphatic carbocycles.